The van der Waals surface area contributed by atoms with Crippen molar-refractivity contribution in [1.29, 1.82) is 0 Å². The van der Waals surface area contributed by atoms with Crippen LogP contribution in [0, 0.1) is 0 Å². The maximum Gasteiger partial charge on any atom is 0.0700 e. The van der Waals surface area contributed by atoms with Crippen molar-refractivity contribution in [3.8, 4) is 0 Å². The van der Waals surface area contributed by atoms with Crippen LogP contribution in [0.25, 0.3) is 6.08 Å². The first kappa shape index (κ1) is 14.1. The van der Waals surface area contributed by atoms with E-state index in [2.05, 4.69) is 49.4 Å². The third-order valence-corrected chi connectivity index (χ3v) is 4.19. The van der Waals surface area contributed by atoms with Crippen LogP contribution in [-0.2, 0) is 19.3 Å². The lowest BCUT2D eigenvalue weighted by molar-refractivity contribution is 0.0719. The molecule has 0 saturated heterocycles. The van der Waals surface area contributed by atoms with Gasteiger partial charge in [-0.05, 0) is 42.5 Å². The Bertz CT molecular complexity index is 653. The molecule has 0 aromatic heterocycles. The summed E-state index contributed by atoms with van der Waals surface area (Å²) in [6.45, 7) is 4.08. The minimum atomic E-state index is -0.496. The van der Waals surface area contributed by atoms with Gasteiger partial charge in [0.2, 0.25) is 0 Å². The van der Waals surface area contributed by atoms with Gasteiger partial charge in [-0.3, -0.25) is 0 Å². The first-order valence-electron chi connectivity index (χ1n) is 7.58. The smallest absolute Gasteiger partial charge is 0.0700 e. The first-order chi connectivity index (χ1) is 10.0. The molecule has 1 nitrogen and oxygen atoms in total. The Hall–Kier alpha value is -1.86. The Labute approximate surface area is 127 Å². The van der Waals surface area contributed by atoms with Crippen molar-refractivity contribution in [2.24, 2.45) is 0 Å². The van der Waals surface area contributed by atoms with Crippen LogP contribution in [0.15, 0.2) is 54.1 Å². The van der Waals surface area contributed by atoms with Gasteiger partial charge in [-0.25, -0.2) is 0 Å². The second-order valence-electron chi connectivity index (χ2n) is 6.49. The Balaban J connectivity index is 0.000000126. The van der Waals surface area contributed by atoms with E-state index in [1.54, 1.807) is 0 Å². The maximum absolute atomic E-state index is 9.72. The highest BCUT2D eigenvalue weighted by Gasteiger charge is 2.29. The van der Waals surface area contributed by atoms with Gasteiger partial charge in [-0.1, -0.05) is 60.2 Å². The molecule has 108 valence electrons. The number of allylic oxidation sites excluding steroid dienone is 1. The number of fused-ring (bicyclic) bond motifs is 2. The minimum absolute atomic E-state index is 0.496. The van der Waals surface area contributed by atoms with Crippen molar-refractivity contribution in [2.45, 2.75) is 38.7 Å². The van der Waals surface area contributed by atoms with Crippen LogP contribution in [0.2, 0.25) is 0 Å². The van der Waals surface area contributed by atoms with Crippen LogP contribution in [-0.4, -0.2) is 10.7 Å². The number of hydrogen-bond acceptors (Lipinski definition) is 1. The molecule has 0 atom stereocenters. The van der Waals surface area contributed by atoms with Crippen LogP contribution in [0.5, 0.6) is 0 Å². The quantitative estimate of drug-likeness (QED) is 0.766. The zero-order valence-electron chi connectivity index (χ0n) is 12.8. The lowest BCUT2D eigenvalue weighted by Gasteiger charge is -2.13. The van der Waals surface area contributed by atoms with Crippen LogP contribution >= 0.6 is 0 Å². The molecule has 0 spiro atoms. The molecule has 0 saturated carbocycles. The van der Waals surface area contributed by atoms with Gasteiger partial charge in [0.05, 0.1) is 5.60 Å². The summed E-state index contributed by atoms with van der Waals surface area (Å²) >= 11 is 0. The molecule has 2 aromatic rings. The molecule has 0 unspecified atom stereocenters. The summed E-state index contributed by atoms with van der Waals surface area (Å²) in [5, 5.41) is 9.72. The predicted octanol–water partition coefficient (Wildman–Crippen LogP) is 4.18. The third-order valence-electron chi connectivity index (χ3n) is 4.19. The van der Waals surface area contributed by atoms with Gasteiger partial charge in [-0.2, -0.15) is 0 Å². The number of hydrogen-bond donors (Lipinski definition) is 1. The summed E-state index contributed by atoms with van der Waals surface area (Å²) < 4.78 is 0. The number of aliphatic hydroxyl groups is 1. The Morgan fingerprint density at radius 1 is 0.857 bits per heavy atom. The summed E-state index contributed by atoms with van der Waals surface area (Å²) in [6, 6.07) is 16.8. The van der Waals surface area contributed by atoms with Gasteiger partial charge >= 0.3 is 0 Å². The van der Waals surface area contributed by atoms with Crippen molar-refractivity contribution < 1.29 is 5.11 Å². The molecule has 2 aliphatic carbocycles. The molecule has 1 N–H and O–H groups in total. The fraction of sp³-hybridized carbons (Fsp3) is 0.300. The van der Waals surface area contributed by atoms with Crippen LogP contribution in [0.4, 0.5) is 0 Å². The molecule has 4 rings (SSSR count). The second kappa shape index (κ2) is 5.50. The molecule has 0 radical (unpaired) electrons. The molecule has 2 aromatic carbocycles. The van der Waals surface area contributed by atoms with E-state index < -0.39 is 5.60 Å². The zero-order chi connectivity index (χ0) is 14.9. The highest BCUT2D eigenvalue weighted by atomic mass is 16.3. The summed E-state index contributed by atoms with van der Waals surface area (Å²) in [4.78, 5) is 0. The van der Waals surface area contributed by atoms with E-state index in [4.69, 9.17) is 0 Å². The third kappa shape index (κ3) is 3.25. The minimum Gasteiger partial charge on any atom is -0.389 e. The van der Waals surface area contributed by atoms with E-state index in [-0.39, 0.29) is 0 Å². The topological polar surface area (TPSA) is 20.2 Å². The highest BCUT2D eigenvalue weighted by molar-refractivity contribution is 5.62. The monoisotopic (exact) mass is 278 g/mol. The zero-order valence-corrected chi connectivity index (χ0v) is 12.8. The van der Waals surface area contributed by atoms with E-state index in [1.165, 1.54) is 27.8 Å². The van der Waals surface area contributed by atoms with Gasteiger partial charge in [0.25, 0.3) is 0 Å². The number of rotatable bonds is 0. The molecule has 0 aliphatic heterocycles. The molecule has 21 heavy (non-hydrogen) atoms. The molecule has 0 fully saturated rings. The molecule has 0 heterocycles. The Kier molecular flexibility index (Phi) is 3.69. The fourth-order valence-corrected chi connectivity index (χ4v) is 3.24. The summed E-state index contributed by atoms with van der Waals surface area (Å²) in [7, 11) is 0. The van der Waals surface area contributed by atoms with Crippen molar-refractivity contribution in [3.63, 3.8) is 0 Å². The van der Waals surface area contributed by atoms with E-state index in [9.17, 15) is 5.11 Å². The van der Waals surface area contributed by atoms with Crippen molar-refractivity contribution in [2.75, 3.05) is 0 Å². The molecule has 0 bridgehead atoms. The normalized spacial score (nSPS) is 17.4. The van der Waals surface area contributed by atoms with Crippen molar-refractivity contribution in [3.05, 3.63) is 76.4 Å². The summed E-state index contributed by atoms with van der Waals surface area (Å²) in [5.74, 6) is 0. The highest BCUT2D eigenvalue weighted by Crippen LogP contribution is 2.29. The average molecular weight is 278 g/mol. The van der Waals surface area contributed by atoms with E-state index in [1.807, 2.05) is 19.1 Å². The average Bonchev–Trinajstić information content (AvgIpc) is 2.95. The van der Waals surface area contributed by atoms with Gasteiger partial charge in [0.1, 0.15) is 0 Å². The molecule has 0 amide bonds. The molecule has 1 heteroatoms. The van der Waals surface area contributed by atoms with Gasteiger partial charge < -0.3 is 5.11 Å². The first-order valence-corrected chi connectivity index (χ1v) is 7.58. The van der Waals surface area contributed by atoms with Gasteiger partial charge in [0, 0.05) is 12.8 Å². The van der Waals surface area contributed by atoms with Gasteiger partial charge in [-0.15, -0.1) is 0 Å². The Morgan fingerprint density at radius 2 is 1.38 bits per heavy atom. The lowest BCUT2D eigenvalue weighted by atomic mass is 10.0. The second-order valence-corrected chi connectivity index (χ2v) is 6.49. The fourth-order valence-electron chi connectivity index (χ4n) is 3.24. The Morgan fingerprint density at radius 3 is 1.95 bits per heavy atom. The molecular formula is C20H22O. The molecular weight excluding hydrogens is 256 g/mol. The van der Waals surface area contributed by atoms with Gasteiger partial charge in [0.15, 0.2) is 0 Å². The lowest BCUT2D eigenvalue weighted by Crippen LogP contribution is -2.23. The van der Waals surface area contributed by atoms with E-state index in [0.717, 1.165) is 19.3 Å². The number of benzene rings is 2. The van der Waals surface area contributed by atoms with Crippen LogP contribution in [0.1, 0.15) is 36.1 Å². The standard InChI is InChI=1S/C10H12O.C10H10/c1-10(11)6-8-4-2-3-5-9(8)7-10;1-8-6-9-4-2-3-5-10(9)7-8/h2-5,11H,6-7H2,1H3;2-6H,7H2,1H3. The summed E-state index contributed by atoms with van der Waals surface area (Å²) in [6.07, 6.45) is 5.03. The van der Waals surface area contributed by atoms with Crippen molar-refractivity contribution >= 4 is 6.08 Å². The summed E-state index contributed by atoms with van der Waals surface area (Å²) in [5.41, 5.74) is 6.46. The largest absolute Gasteiger partial charge is 0.389 e. The SMILES string of the molecule is CC1(O)Cc2ccccc2C1.CC1=Cc2ccccc2C1. The maximum atomic E-state index is 9.72. The van der Waals surface area contributed by atoms with E-state index in [0.29, 0.717) is 0 Å². The van der Waals surface area contributed by atoms with Crippen molar-refractivity contribution in [1.82, 2.24) is 0 Å². The van der Waals surface area contributed by atoms with Crippen LogP contribution in [0.3, 0.4) is 0 Å². The van der Waals surface area contributed by atoms with Crippen LogP contribution < -0.4 is 0 Å². The molecule has 2 aliphatic rings. The van der Waals surface area contributed by atoms with E-state index >= 15 is 0 Å². The predicted molar refractivity (Wildman–Crippen MR) is 88.3 cm³/mol.